The molecule has 0 amide bonds. The van der Waals surface area contributed by atoms with Gasteiger partial charge in [-0.25, -0.2) is 4.39 Å². The number of hydrogen-bond donors (Lipinski definition) is 1. The normalized spacial score (nSPS) is 13.3. The number of nitrogens with zero attached hydrogens (tertiary/aromatic N) is 1. The molecule has 0 radical (unpaired) electrons. The monoisotopic (exact) mass is 298 g/mol. The average Bonchev–Trinajstić information content (AvgIpc) is 2.35. The molecule has 114 valence electrons. The van der Waals surface area contributed by atoms with Gasteiger partial charge < -0.3 is 10.2 Å². The largest absolute Gasteiger partial charge is 0.368 e. The van der Waals surface area contributed by atoms with Crippen molar-refractivity contribution >= 4 is 17.4 Å². The van der Waals surface area contributed by atoms with E-state index in [0.717, 1.165) is 11.3 Å². The molecule has 0 heterocycles. The predicted octanol–water partition coefficient (Wildman–Crippen LogP) is 3.90. The van der Waals surface area contributed by atoms with E-state index in [1.54, 1.807) is 17.8 Å². The van der Waals surface area contributed by atoms with Gasteiger partial charge in [-0.05, 0) is 45.6 Å². The van der Waals surface area contributed by atoms with Crippen molar-refractivity contribution in [1.82, 2.24) is 5.32 Å². The number of nitrogens with one attached hydrogen (secondary N) is 1. The molecule has 0 aliphatic heterocycles. The minimum absolute atomic E-state index is 0.0209. The quantitative estimate of drug-likeness (QED) is 0.857. The summed E-state index contributed by atoms with van der Waals surface area (Å²) in [6.07, 6.45) is 2.08. The highest BCUT2D eigenvalue weighted by Gasteiger charge is 2.18. The Balaban J connectivity index is 2.98. The van der Waals surface area contributed by atoms with Crippen LogP contribution in [0.2, 0.25) is 0 Å². The molecule has 1 aromatic carbocycles. The lowest BCUT2D eigenvalue weighted by Gasteiger charge is -2.30. The summed E-state index contributed by atoms with van der Waals surface area (Å²) in [5.74, 6) is 0.838. The first-order valence-corrected chi connectivity index (χ1v) is 8.40. The van der Waals surface area contributed by atoms with Crippen molar-refractivity contribution in [1.29, 1.82) is 0 Å². The van der Waals surface area contributed by atoms with Gasteiger partial charge in [0.15, 0.2) is 0 Å². The van der Waals surface area contributed by atoms with Crippen molar-refractivity contribution in [2.45, 2.75) is 45.8 Å². The Morgan fingerprint density at radius 1 is 1.35 bits per heavy atom. The number of para-hydroxylation sites is 1. The maximum atomic E-state index is 14.2. The highest BCUT2D eigenvalue weighted by Crippen LogP contribution is 2.26. The Morgan fingerprint density at radius 2 is 2.00 bits per heavy atom. The van der Waals surface area contributed by atoms with E-state index in [0.29, 0.717) is 18.3 Å². The van der Waals surface area contributed by atoms with Gasteiger partial charge in [-0.2, -0.15) is 11.8 Å². The summed E-state index contributed by atoms with van der Waals surface area (Å²) in [5, 5.41) is 3.43. The van der Waals surface area contributed by atoms with Crippen LogP contribution in [0.15, 0.2) is 18.2 Å². The summed E-state index contributed by atoms with van der Waals surface area (Å²) in [4.78, 5) is 2.05. The molecule has 0 aromatic heterocycles. The van der Waals surface area contributed by atoms with Gasteiger partial charge in [0.1, 0.15) is 5.82 Å². The Morgan fingerprint density at radius 3 is 2.55 bits per heavy atom. The molecule has 0 saturated carbocycles. The van der Waals surface area contributed by atoms with E-state index in [9.17, 15) is 4.39 Å². The van der Waals surface area contributed by atoms with Gasteiger partial charge in [-0.15, -0.1) is 0 Å². The van der Waals surface area contributed by atoms with Crippen molar-refractivity contribution in [2.24, 2.45) is 0 Å². The molecule has 0 spiro atoms. The first kappa shape index (κ1) is 17.3. The maximum absolute atomic E-state index is 14.2. The van der Waals surface area contributed by atoms with E-state index in [4.69, 9.17) is 0 Å². The Labute approximate surface area is 127 Å². The zero-order valence-electron chi connectivity index (χ0n) is 13.5. The third-order valence-electron chi connectivity index (χ3n) is 3.30. The number of thioether (sulfide) groups is 1. The Hall–Kier alpha value is -0.740. The summed E-state index contributed by atoms with van der Waals surface area (Å²) in [6.45, 7) is 9.15. The topological polar surface area (TPSA) is 15.3 Å². The molecule has 0 aliphatic rings. The minimum atomic E-state index is -0.145. The van der Waals surface area contributed by atoms with Crippen molar-refractivity contribution in [2.75, 3.05) is 24.0 Å². The molecule has 1 atom stereocenters. The number of benzene rings is 1. The molecule has 2 nitrogen and oxygen atoms in total. The van der Waals surface area contributed by atoms with E-state index < -0.39 is 0 Å². The molecular formula is C16H27FN2S. The molecule has 0 fully saturated rings. The molecule has 1 aromatic rings. The van der Waals surface area contributed by atoms with Crippen LogP contribution in [0, 0.1) is 5.82 Å². The molecule has 0 saturated heterocycles. The third-order valence-corrected chi connectivity index (χ3v) is 4.12. The lowest BCUT2D eigenvalue weighted by Crippen LogP contribution is -2.37. The van der Waals surface area contributed by atoms with Crippen LogP contribution in [-0.4, -0.2) is 30.6 Å². The van der Waals surface area contributed by atoms with E-state index in [2.05, 4.69) is 39.3 Å². The fraction of sp³-hybridized carbons (Fsp3) is 0.625. The van der Waals surface area contributed by atoms with Gasteiger partial charge in [-0.3, -0.25) is 0 Å². The molecule has 1 N–H and O–H groups in total. The van der Waals surface area contributed by atoms with Crippen molar-refractivity contribution in [3.05, 3.63) is 29.6 Å². The lowest BCUT2D eigenvalue weighted by atomic mass is 10.1. The summed E-state index contributed by atoms with van der Waals surface area (Å²) in [6, 6.07) is 5.62. The number of hydrogen-bond acceptors (Lipinski definition) is 3. The summed E-state index contributed by atoms with van der Waals surface area (Å²) >= 11 is 1.78. The van der Waals surface area contributed by atoms with Crippen LogP contribution < -0.4 is 10.2 Å². The highest BCUT2D eigenvalue weighted by atomic mass is 32.2. The second-order valence-corrected chi connectivity index (χ2v) is 7.18. The number of halogens is 1. The minimum Gasteiger partial charge on any atom is -0.368 e. The molecular weight excluding hydrogens is 271 g/mol. The van der Waals surface area contributed by atoms with E-state index in [-0.39, 0.29) is 11.4 Å². The Bertz CT molecular complexity index is 429. The molecule has 0 bridgehead atoms. The van der Waals surface area contributed by atoms with Gasteiger partial charge in [-0.1, -0.05) is 12.1 Å². The standard InChI is InChI=1S/C16H27FN2S/c1-12(11-20-6)19(5)15-13(8-7-9-14(15)17)10-18-16(2,3)4/h7-9,12,18H,10-11H2,1-6H3. The second kappa shape index (κ2) is 7.32. The van der Waals surface area contributed by atoms with Gasteiger partial charge in [0, 0.05) is 30.9 Å². The molecule has 20 heavy (non-hydrogen) atoms. The summed E-state index contributed by atoms with van der Waals surface area (Å²) in [7, 11) is 1.97. The van der Waals surface area contributed by atoms with Crippen molar-refractivity contribution in [3.63, 3.8) is 0 Å². The summed E-state index contributed by atoms with van der Waals surface area (Å²) < 4.78 is 14.2. The number of rotatable bonds is 6. The SMILES string of the molecule is CSCC(C)N(C)c1c(F)cccc1CNC(C)(C)C. The fourth-order valence-electron chi connectivity index (χ4n) is 2.03. The van der Waals surface area contributed by atoms with Crippen LogP contribution in [0.25, 0.3) is 0 Å². The molecule has 4 heteroatoms. The van der Waals surface area contributed by atoms with E-state index in [1.165, 1.54) is 6.07 Å². The predicted molar refractivity (Wildman–Crippen MR) is 89.2 cm³/mol. The molecule has 1 rings (SSSR count). The van der Waals surface area contributed by atoms with Crippen LogP contribution in [0.1, 0.15) is 33.3 Å². The third kappa shape index (κ3) is 4.98. The average molecular weight is 298 g/mol. The van der Waals surface area contributed by atoms with Crippen LogP contribution in [0.4, 0.5) is 10.1 Å². The lowest BCUT2D eigenvalue weighted by molar-refractivity contribution is 0.423. The van der Waals surface area contributed by atoms with E-state index >= 15 is 0 Å². The van der Waals surface area contributed by atoms with Crippen molar-refractivity contribution in [3.8, 4) is 0 Å². The first-order chi connectivity index (χ1) is 9.26. The second-order valence-electron chi connectivity index (χ2n) is 6.27. The number of anilines is 1. The van der Waals surface area contributed by atoms with Crippen LogP contribution in [0.5, 0.6) is 0 Å². The van der Waals surface area contributed by atoms with Gasteiger partial charge in [0.05, 0.1) is 5.69 Å². The van der Waals surface area contributed by atoms with Crippen LogP contribution >= 0.6 is 11.8 Å². The van der Waals surface area contributed by atoms with Gasteiger partial charge in [0.25, 0.3) is 0 Å². The molecule has 0 aliphatic carbocycles. The molecule has 1 unspecified atom stereocenters. The van der Waals surface area contributed by atoms with Crippen LogP contribution in [-0.2, 0) is 6.54 Å². The highest BCUT2D eigenvalue weighted by molar-refractivity contribution is 7.98. The van der Waals surface area contributed by atoms with E-state index in [1.807, 2.05) is 18.0 Å². The van der Waals surface area contributed by atoms with Crippen molar-refractivity contribution < 1.29 is 4.39 Å². The van der Waals surface area contributed by atoms with Gasteiger partial charge in [0.2, 0.25) is 0 Å². The smallest absolute Gasteiger partial charge is 0.146 e. The zero-order chi connectivity index (χ0) is 15.3. The van der Waals surface area contributed by atoms with Crippen LogP contribution in [0.3, 0.4) is 0 Å². The first-order valence-electron chi connectivity index (χ1n) is 7.00. The fourth-order valence-corrected chi connectivity index (χ4v) is 2.74. The zero-order valence-corrected chi connectivity index (χ0v) is 14.3. The summed E-state index contributed by atoms with van der Waals surface area (Å²) in [5.41, 5.74) is 1.74. The maximum Gasteiger partial charge on any atom is 0.146 e. The Kier molecular flexibility index (Phi) is 6.34. The van der Waals surface area contributed by atoms with Gasteiger partial charge >= 0.3 is 0 Å².